The van der Waals surface area contributed by atoms with E-state index in [-0.39, 0.29) is 11.8 Å². The third-order valence-electron chi connectivity index (χ3n) is 2.49. The lowest BCUT2D eigenvalue weighted by Crippen LogP contribution is -2.22. The number of rotatable bonds is 3. The zero-order valence-corrected chi connectivity index (χ0v) is 10.4. The van der Waals surface area contributed by atoms with Crippen molar-refractivity contribution >= 4 is 29.3 Å². The van der Waals surface area contributed by atoms with Gasteiger partial charge in [0.25, 0.3) is 0 Å². The summed E-state index contributed by atoms with van der Waals surface area (Å²) >= 11 is 1.54. The Morgan fingerprint density at radius 1 is 1.53 bits per heavy atom. The molecule has 2 N–H and O–H groups in total. The number of hydrogen-bond donors (Lipinski definition) is 2. The van der Waals surface area contributed by atoms with Crippen LogP contribution in [0.5, 0.6) is 0 Å². The molecule has 0 fully saturated rings. The van der Waals surface area contributed by atoms with Crippen LogP contribution in [0.25, 0.3) is 0 Å². The monoisotopic (exact) mass is 250 g/mol. The molecule has 1 aromatic carbocycles. The zero-order chi connectivity index (χ0) is 12.3. The Bertz CT molecular complexity index is 460. The highest BCUT2D eigenvalue weighted by molar-refractivity contribution is 8.00. The van der Waals surface area contributed by atoms with Crippen molar-refractivity contribution in [3.05, 3.63) is 23.8 Å². The summed E-state index contributed by atoms with van der Waals surface area (Å²) in [6, 6.07) is 5.86. The van der Waals surface area contributed by atoms with E-state index < -0.39 is 0 Å². The van der Waals surface area contributed by atoms with Crippen LogP contribution < -0.4 is 10.6 Å². The first-order chi connectivity index (χ1) is 8.19. The van der Waals surface area contributed by atoms with Gasteiger partial charge in [-0.2, -0.15) is 0 Å². The van der Waals surface area contributed by atoms with Crippen molar-refractivity contribution in [2.45, 2.75) is 24.8 Å². The molecular weight excluding hydrogens is 236 g/mol. The number of benzene rings is 1. The minimum absolute atomic E-state index is 0.0252. The summed E-state index contributed by atoms with van der Waals surface area (Å²) in [6.07, 6.45) is 0.484. The fourth-order valence-electron chi connectivity index (χ4n) is 1.57. The highest BCUT2D eigenvalue weighted by Gasteiger charge is 2.15. The highest BCUT2D eigenvalue weighted by atomic mass is 32.2. The molecule has 0 aromatic heterocycles. The van der Waals surface area contributed by atoms with Crippen molar-refractivity contribution in [2.75, 3.05) is 11.1 Å². The smallest absolute Gasteiger partial charge is 0.234 e. The van der Waals surface area contributed by atoms with Crippen molar-refractivity contribution in [1.29, 1.82) is 0 Å². The first-order valence-electron chi connectivity index (χ1n) is 5.51. The van der Waals surface area contributed by atoms with Gasteiger partial charge in [-0.3, -0.25) is 9.59 Å². The van der Waals surface area contributed by atoms with E-state index in [9.17, 15) is 9.59 Å². The molecule has 1 heterocycles. The number of hydrogen-bond acceptors (Lipinski definition) is 3. The lowest BCUT2D eigenvalue weighted by molar-refractivity contribution is -0.121. The Morgan fingerprint density at radius 2 is 2.35 bits per heavy atom. The lowest BCUT2D eigenvalue weighted by Gasteiger charge is -2.17. The van der Waals surface area contributed by atoms with Gasteiger partial charge in [-0.25, -0.2) is 0 Å². The number of anilines is 1. The van der Waals surface area contributed by atoms with E-state index >= 15 is 0 Å². The standard InChI is InChI=1S/C12H14N2O2S/c1-2-11(15)13-6-8-3-4-10-9(5-8)14-12(16)7-17-10/h3-5H,2,6-7H2,1H3,(H,13,15)(H,14,16). The SMILES string of the molecule is CCC(=O)NCc1ccc2c(c1)NC(=O)CS2. The molecule has 4 nitrogen and oxygen atoms in total. The van der Waals surface area contributed by atoms with E-state index in [1.165, 1.54) is 11.8 Å². The molecule has 1 aromatic rings. The second-order valence-corrected chi connectivity index (χ2v) is 4.81. The van der Waals surface area contributed by atoms with Gasteiger partial charge in [0, 0.05) is 17.9 Å². The minimum Gasteiger partial charge on any atom is -0.352 e. The Balaban J connectivity index is 2.07. The molecule has 0 bridgehead atoms. The van der Waals surface area contributed by atoms with Gasteiger partial charge in [0.1, 0.15) is 0 Å². The Morgan fingerprint density at radius 3 is 3.12 bits per heavy atom. The van der Waals surface area contributed by atoms with E-state index in [1.54, 1.807) is 0 Å². The highest BCUT2D eigenvalue weighted by Crippen LogP contribution is 2.31. The third-order valence-corrected chi connectivity index (χ3v) is 3.56. The third kappa shape index (κ3) is 3.00. The summed E-state index contributed by atoms with van der Waals surface area (Å²) in [5, 5.41) is 5.64. The summed E-state index contributed by atoms with van der Waals surface area (Å²) in [7, 11) is 0. The maximum Gasteiger partial charge on any atom is 0.234 e. The van der Waals surface area contributed by atoms with Gasteiger partial charge in [-0.15, -0.1) is 11.8 Å². The van der Waals surface area contributed by atoms with Crippen molar-refractivity contribution in [3.63, 3.8) is 0 Å². The molecule has 5 heteroatoms. The van der Waals surface area contributed by atoms with E-state index in [1.807, 2.05) is 25.1 Å². The topological polar surface area (TPSA) is 58.2 Å². The number of carbonyl (C=O) groups is 2. The van der Waals surface area contributed by atoms with Crippen LogP contribution in [0.2, 0.25) is 0 Å². The van der Waals surface area contributed by atoms with Crippen molar-refractivity contribution in [1.82, 2.24) is 5.32 Å². The van der Waals surface area contributed by atoms with Gasteiger partial charge in [0.05, 0.1) is 11.4 Å². The number of thioether (sulfide) groups is 1. The van der Waals surface area contributed by atoms with Gasteiger partial charge in [-0.1, -0.05) is 13.0 Å². The summed E-state index contributed by atoms with van der Waals surface area (Å²) in [5.74, 6) is 0.525. The van der Waals surface area contributed by atoms with Crippen LogP contribution >= 0.6 is 11.8 Å². The maximum absolute atomic E-state index is 11.2. The molecule has 90 valence electrons. The fourth-order valence-corrected chi connectivity index (χ4v) is 2.35. The van der Waals surface area contributed by atoms with Crippen LogP contribution in [0, 0.1) is 0 Å². The molecule has 1 aliphatic heterocycles. The van der Waals surface area contributed by atoms with E-state index in [0.29, 0.717) is 18.7 Å². The molecule has 0 atom stereocenters. The zero-order valence-electron chi connectivity index (χ0n) is 9.58. The summed E-state index contributed by atoms with van der Waals surface area (Å²) in [6.45, 7) is 2.32. The normalized spacial score (nSPS) is 13.8. The molecule has 17 heavy (non-hydrogen) atoms. The van der Waals surface area contributed by atoms with Crippen LogP contribution in [-0.4, -0.2) is 17.6 Å². The number of nitrogens with one attached hydrogen (secondary N) is 2. The van der Waals surface area contributed by atoms with Gasteiger partial charge in [0.15, 0.2) is 0 Å². The fraction of sp³-hybridized carbons (Fsp3) is 0.333. The number of fused-ring (bicyclic) bond motifs is 1. The van der Waals surface area contributed by atoms with Gasteiger partial charge < -0.3 is 10.6 Å². The molecule has 0 radical (unpaired) electrons. The molecule has 0 saturated heterocycles. The predicted octanol–water partition coefficient (Wildman–Crippen LogP) is 1.76. The molecule has 2 rings (SSSR count). The molecule has 0 aliphatic carbocycles. The quantitative estimate of drug-likeness (QED) is 0.859. The molecule has 2 amide bonds. The van der Waals surface area contributed by atoms with E-state index in [4.69, 9.17) is 0 Å². The van der Waals surface area contributed by atoms with Crippen LogP contribution in [0.1, 0.15) is 18.9 Å². The second-order valence-electron chi connectivity index (χ2n) is 3.80. The molecule has 0 saturated carbocycles. The average Bonchev–Trinajstić information content (AvgIpc) is 2.35. The number of carbonyl (C=O) groups excluding carboxylic acids is 2. The van der Waals surface area contributed by atoms with Gasteiger partial charge >= 0.3 is 0 Å². The molecule has 0 spiro atoms. The van der Waals surface area contributed by atoms with Crippen LogP contribution in [-0.2, 0) is 16.1 Å². The molecule has 1 aliphatic rings. The maximum atomic E-state index is 11.2. The summed E-state index contributed by atoms with van der Waals surface area (Å²) in [5.41, 5.74) is 1.84. The van der Waals surface area contributed by atoms with Crippen LogP contribution in [0.4, 0.5) is 5.69 Å². The Kier molecular flexibility index (Phi) is 3.68. The van der Waals surface area contributed by atoms with Crippen molar-refractivity contribution in [3.8, 4) is 0 Å². The van der Waals surface area contributed by atoms with Crippen molar-refractivity contribution in [2.24, 2.45) is 0 Å². The van der Waals surface area contributed by atoms with Crippen molar-refractivity contribution < 1.29 is 9.59 Å². The predicted molar refractivity (Wildman–Crippen MR) is 67.9 cm³/mol. The van der Waals surface area contributed by atoms with Gasteiger partial charge in [-0.05, 0) is 17.7 Å². The average molecular weight is 250 g/mol. The largest absolute Gasteiger partial charge is 0.352 e. The van der Waals surface area contributed by atoms with E-state index in [0.717, 1.165) is 16.1 Å². The lowest BCUT2D eigenvalue weighted by atomic mass is 10.2. The molecular formula is C12H14N2O2S. The minimum atomic E-state index is 0.0252. The second kappa shape index (κ2) is 5.23. The Hall–Kier alpha value is -1.49. The van der Waals surface area contributed by atoms with Crippen LogP contribution in [0.3, 0.4) is 0 Å². The first-order valence-corrected chi connectivity index (χ1v) is 6.50. The Labute approximate surface area is 104 Å². The van der Waals surface area contributed by atoms with E-state index in [2.05, 4.69) is 10.6 Å². The number of amides is 2. The molecule has 0 unspecified atom stereocenters. The van der Waals surface area contributed by atoms with Crippen LogP contribution in [0.15, 0.2) is 23.1 Å². The summed E-state index contributed by atoms with van der Waals surface area (Å²) < 4.78 is 0. The first kappa shape index (κ1) is 12.0. The van der Waals surface area contributed by atoms with Gasteiger partial charge in [0.2, 0.25) is 11.8 Å². The summed E-state index contributed by atoms with van der Waals surface area (Å²) in [4.78, 5) is 23.5.